The van der Waals surface area contributed by atoms with Gasteiger partial charge < -0.3 is 15.8 Å². The van der Waals surface area contributed by atoms with Crippen molar-refractivity contribution in [3.63, 3.8) is 0 Å². The lowest BCUT2D eigenvalue weighted by atomic mass is 9.93. The molecule has 1 aromatic carbocycles. The van der Waals surface area contributed by atoms with Crippen LogP contribution in [0.5, 0.6) is 5.88 Å². The lowest BCUT2D eigenvalue weighted by Gasteiger charge is -2.41. The summed E-state index contributed by atoms with van der Waals surface area (Å²) in [6.45, 7) is 1.03. The maximum Gasteiger partial charge on any atom is 0.275 e. The van der Waals surface area contributed by atoms with Gasteiger partial charge in [-0.25, -0.2) is 0 Å². The lowest BCUT2D eigenvalue weighted by molar-refractivity contribution is -0.135. The first-order chi connectivity index (χ1) is 14.5. The van der Waals surface area contributed by atoms with Gasteiger partial charge >= 0.3 is 0 Å². The maximum absolute atomic E-state index is 13.4. The van der Waals surface area contributed by atoms with Crippen LogP contribution in [0.1, 0.15) is 37.7 Å². The van der Waals surface area contributed by atoms with E-state index < -0.39 is 24.4 Å². The second-order valence-corrected chi connectivity index (χ2v) is 6.84. The molecule has 148 valence electrons. The predicted octanol–water partition coefficient (Wildman–Crippen LogP) is 3.64. The number of halogens is 1. The number of carbonyl (C=O) groups excluding carboxylic acids is 2. The van der Waals surface area contributed by atoms with E-state index in [1.165, 1.54) is 11.0 Å². The number of nitrogens with two attached hydrogens (primary N) is 1. The van der Waals surface area contributed by atoms with E-state index in [2.05, 4.69) is 10.3 Å². The van der Waals surface area contributed by atoms with Crippen LogP contribution in [-0.4, -0.2) is 28.4 Å². The summed E-state index contributed by atoms with van der Waals surface area (Å²) in [4.78, 5) is 31.4. The fourth-order valence-corrected chi connectivity index (χ4v) is 3.16. The van der Waals surface area contributed by atoms with Crippen LogP contribution in [-0.2, 0) is 9.59 Å². The standard InChI is InChI=1S/C20H23ClN4O3/c1-4-20(5-2)19(27)25(14-8-6-13(21)7-9-14)15-10-11-16(24-18(15)28-20)23-17(26)12(3)22/h6-12H,4-5,22H2,1-3H3,(H,23,24,26)/t12-/m0/s1/i3D3. The highest BCUT2D eigenvalue weighted by Gasteiger charge is 2.47. The Morgan fingerprint density at radius 2 is 2.00 bits per heavy atom. The second kappa shape index (κ2) is 7.77. The summed E-state index contributed by atoms with van der Waals surface area (Å²) in [6, 6.07) is 8.11. The molecule has 2 amide bonds. The first kappa shape index (κ1) is 16.3. The maximum atomic E-state index is 13.4. The van der Waals surface area contributed by atoms with Crippen molar-refractivity contribution in [1.29, 1.82) is 0 Å². The number of nitrogens with zero attached hydrogens (tertiary/aromatic N) is 2. The molecule has 0 unspecified atom stereocenters. The Kier molecular flexibility index (Phi) is 4.53. The van der Waals surface area contributed by atoms with Gasteiger partial charge in [-0.05, 0) is 56.1 Å². The van der Waals surface area contributed by atoms with E-state index in [9.17, 15) is 9.59 Å². The van der Waals surface area contributed by atoms with Crippen molar-refractivity contribution in [3.05, 3.63) is 41.4 Å². The number of ether oxygens (including phenoxy) is 1. The molecule has 0 saturated carbocycles. The normalized spacial score (nSPS) is 18.2. The Hall–Kier alpha value is -2.64. The minimum Gasteiger partial charge on any atom is -0.459 e. The number of fused-ring (bicyclic) bond motifs is 1. The molecule has 1 aliphatic rings. The molecule has 0 spiro atoms. The summed E-state index contributed by atoms with van der Waals surface area (Å²) in [6.07, 6.45) is 0.794. The number of hydrogen-bond acceptors (Lipinski definition) is 5. The molecule has 3 rings (SSSR count). The van der Waals surface area contributed by atoms with Crippen molar-refractivity contribution < 1.29 is 18.4 Å². The van der Waals surface area contributed by atoms with E-state index in [0.29, 0.717) is 29.2 Å². The smallest absolute Gasteiger partial charge is 0.275 e. The van der Waals surface area contributed by atoms with Gasteiger partial charge in [-0.2, -0.15) is 4.98 Å². The molecule has 1 aliphatic heterocycles. The molecular formula is C20H23ClN4O3. The van der Waals surface area contributed by atoms with Gasteiger partial charge in [-0.1, -0.05) is 25.4 Å². The minimum absolute atomic E-state index is 0.0648. The number of nitrogens with one attached hydrogen (secondary N) is 1. The second-order valence-electron chi connectivity index (χ2n) is 6.41. The van der Waals surface area contributed by atoms with Crippen molar-refractivity contribution in [2.24, 2.45) is 5.73 Å². The van der Waals surface area contributed by atoms with Gasteiger partial charge in [-0.3, -0.25) is 14.5 Å². The molecule has 1 atom stereocenters. The highest BCUT2D eigenvalue weighted by atomic mass is 35.5. The molecule has 1 aromatic heterocycles. The van der Waals surface area contributed by atoms with E-state index in [1.54, 1.807) is 30.3 Å². The Morgan fingerprint density at radius 1 is 1.32 bits per heavy atom. The average Bonchev–Trinajstić information content (AvgIpc) is 2.73. The summed E-state index contributed by atoms with van der Waals surface area (Å²) in [5, 5.41) is 2.93. The van der Waals surface area contributed by atoms with Gasteiger partial charge in [0.2, 0.25) is 11.8 Å². The number of carbonyl (C=O) groups is 2. The molecule has 2 aromatic rings. The van der Waals surface area contributed by atoms with Crippen molar-refractivity contribution in [1.82, 2.24) is 4.98 Å². The van der Waals surface area contributed by atoms with Gasteiger partial charge in [0.1, 0.15) is 11.5 Å². The predicted molar refractivity (Wildman–Crippen MR) is 109 cm³/mol. The van der Waals surface area contributed by atoms with Gasteiger partial charge in [0, 0.05) is 14.8 Å². The molecule has 0 aliphatic carbocycles. The Balaban J connectivity index is 2.03. The van der Waals surface area contributed by atoms with Gasteiger partial charge in [0.15, 0.2) is 5.60 Å². The number of hydrogen-bond donors (Lipinski definition) is 2. The van der Waals surface area contributed by atoms with Crippen LogP contribution in [0, 0.1) is 0 Å². The van der Waals surface area contributed by atoms with Crippen LogP contribution >= 0.6 is 11.6 Å². The van der Waals surface area contributed by atoms with E-state index in [-0.39, 0.29) is 17.6 Å². The third-order valence-corrected chi connectivity index (χ3v) is 4.98. The van der Waals surface area contributed by atoms with Crippen molar-refractivity contribution in [2.75, 3.05) is 10.2 Å². The van der Waals surface area contributed by atoms with E-state index >= 15 is 0 Å². The Labute approximate surface area is 173 Å². The van der Waals surface area contributed by atoms with Crippen molar-refractivity contribution >= 4 is 40.6 Å². The molecule has 0 bridgehead atoms. The van der Waals surface area contributed by atoms with E-state index in [1.807, 2.05) is 13.8 Å². The van der Waals surface area contributed by atoms with Gasteiger partial charge in [0.05, 0.1) is 6.04 Å². The van der Waals surface area contributed by atoms with Crippen LogP contribution in [0.2, 0.25) is 5.02 Å². The quantitative estimate of drug-likeness (QED) is 0.791. The Morgan fingerprint density at radius 3 is 2.61 bits per heavy atom. The average molecular weight is 406 g/mol. The fourth-order valence-electron chi connectivity index (χ4n) is 3.04. The number of aromatic nitrogens is 1. The molecule has 0 radical (unpaired) electrons. The van der Waals surface area contributed by atoms with Crippen molar-refractivity contribution in [2.45, 2.75) is 45.2 Å². The third kappa shape index (κ3) is 3.55. The van der Waals surface area contributed by atoms with E-state index in [4.69, 9.17) is 26.2 Å². The highest BCUT2D eigenvalue weighted by Crippen LogP contribution is 2.43. The topological polar surface area (TPSA) is 97.5 Å². The molecular weight excluding hydrogens is 380 g/mol. The zero-order valence-corrected chi connectivity index (χ0v) is 16.3. The van der Waals surface area contributed by atoms with Crippen LogP contribution in [0.25, 0.3) is 0 Å². The van der Waals surface area contributed by atoms with Crippen LogP contribution in [0.15, 0.2) is 36.4 Å². The largest absolute Gasteiger partial charge is 0.459 e. The summed E-state index contributed by atoms with van der Waals surface area (Å²) in [5.74, 6) is -0.935. The summed E-state index contributed by atoms with van der Waals surface area (Å²) < 4.78 is 27.9. The molecule has 28 heavy (non-hydrogen) atoms. The van der Waals surface area contributed by atoms with Gasteiger partial charge in [0.25, 0.3) is 5.91 Å². The first-order valence-electron chi connectivity index (χ1n) is 10.4. The van der Waals surface area contributed by atoms with Crippen LogP contribution < -0.4 is 20.7 Å². The lowest BCUT2D eigenvalue weighted by Crippen LogP contribution is -2.54. The molecule has 7 nitrogen and oxygen atoms in total. The summed E-state index contributed by atoms with van der Waals surface area (Å²) in [7, 11) is 0. The monoisotopic (exact) mass is 405 g/mol. The third-order valence-electron chi connectivity index (χ3n) is 4.73. The molecule has 0 saturated heterocycles. The number of pyridine rings is 1. The first-order valence-corrected chi connectivity index (χ1v) is 9.27. The number of benzene rings is 1. The van der Waals surface area contributed by atoms with Crippen LogP contribution in [0.3, 0.4) is 0 Å². The zero-order chi connectivity index (χ0) is 23.0. The molecule has 3 N–H and O–H groups in total. The fraction of sp³-hybridized carbons (Fsp3) is 0.350. The number of amides is 2. The highest BCUT2D eigenvalue weighted by molar-refractivity contribution is 6.30. The molecule has 0 fully saturated rings. The van der Waals surface area contributed by atoms with Crippen LogP contribution in [0.4, 0.5) is 17.2 Å². The molecule has 8 heteroatoms. The summed E-state index contributed by atoms with van der Waals surface area (Å²) in [5.41, 5.74) is 5.34. The SMILES string of the molecule is [2H]C([2H])([2H])[C@H](N)C(=O)Nc1ccc2c(n1)OC(CC)(CC)C(=O)N2c1ccc(Cl)cc1. The summed E-state index contributed by atoms with van der Waals surface area (Å²) >= 11 is 5.99. The van der Waals surface area contributed by atoms with Crippen molar-refractivity contribution in [3.8, 4) is 5.88 Å². The minimum atomic E-state index is -2.65. The molecule has 2 heterocycles. The zero-order valence-electron chi connectivity index (χ0n) is 18.5. The van der Waals surface area contributed by atoms with E-state index in [0.717, 1.165) is 0 Å². The van der Waals surface area contributed by atoms with Gasteiger partial charge in [-0.15, -0.1) is 0 Å². The number of rotatable bonds is 5. The Bertz CT molecular complexity index is 994. The number of anilines is 3.